The number of halogens is 1. The second-order valence-corrected chi connectivity index (χ2v) is 12.2. The van der Waals surface area contributed by atoms with Crippen LogP contribution >= 0.6 is 12.4 Å². The number of likely N-dealkylation sites (N-methyl/N-ethyl adjacent to an activating group) is 1. The molecule has 10 heteroatoms. The molecule has 0 aliphatic carbocycles. The lowest BCUT2D eigenvalue weighted by Crippen LogP contribution is -2.68. The van der Waals surface area contributed by atoms with E-state index in [9.17, 15) is 18.0 Å². The molecule has 2 amide bonds. The van der Waals surface area contributed by atoms with Gasteiger partial charge in [0.2, 0.25) is 20.6 Å². The third-order valence-corrected chi connectivity index (χ3v) is 9.80. The van der Waals surface area contributed by atoms with Crippen LogP contribution in [0.25, 0.3) is 10.8 Å². The molecule has 0 saturated carbocycles. The third kappa shape index (κ3) is 5.28. The van der Waals surface area contributed by atoms with E-state index < -0.39 is 32.6 Å². The van der Waals surface area contributed by atoms with Crippen molar-refractivity contribution in [2.75, 3.05) is 23.8 Å². The number of anilines is 2. The normalized spacial score (nSPS) is 17.5. The van der Waals surface area contributed by atoms with E-state index in [4.69, 9.17) is 0 Å². The Bertz CT molecular complexity index is 1700. The second-order valence-electron chi connectivity index (χ2n) is 9.99. The number of hydrogen-bond acceptors (Lipinski definition) is 6. The van der Waals surface area contributed by atoms with Crippen LogP contribution in [0.1, 0.15) is 18.1 Å². The van der Waals surface area contributed by atoms with Gasteiger partial charge in [0.05, 0.1) is 35.4 Å². The molecule has 214 valence electrons. The van der Waals surface area contributed by atoms with E-state index in [0.717, 1.165) is 21.9 Å². The van der Waals surface area contributed by atoms with E-state index in [1.165, 1.54) is 17.0 Å². The molecule has 2 unspecified atom stereocenters. The van der Waals surface area contributed by atoms with Gasteiger partial charge in [-0.1, -0.05) is 66.7 Å². The van der Waals surface area contributed by atoms with Gasteiger partial charge in [-0.15, -0.1) is 12.4 Å². The van der Waals surface area contributed by atoms with Gasteiger partial charge in [0.25, 0.3) is 5.91 Å². The zero-order valence-corrected chi connectivity index (χ0v) is 24.7. The molecular weight excluding hydrogens is 560 g/mol. The number of carbonyl (C=O) groups is 2. The molecule has 1 heterocycles. The molecule has 1 aliphatic heterocycles. The van der Waals surface area contributed by atoms with Crippen molar-refractivity contribution in [1.82, 2.24) is 10.6 Å². The second kappa shape index (κ2) is 11.9. The Labute approximate surface area is 246 Å². The Balaban J connectivity index is 0.00000387. The Morgan fingerprint density at radius 2 is 1.63 bits per heavy atom. The van der Waals surface area contributed by atoms with Crippen molar-refractivity contribution in [2.45, 2.75) is 36.2 Å². The molecule has 0 spiro atoms. The highest BCUT2D eigenvalue weighted by Gasteiger charge is 2.56. The van der Waals surface area contributed by atoms with Crippen LogP contribution in [0.2, 0.25) is 0 Å². The Morgan fingerprint density at radius 1 is 0.976 bits per heavy atom. The molecule has 41 heavy (non-hydrogen) atoms. The SMILES string of the molecule is CNC(C)C(=O)NC1(S(=O)(=O)c2ccccc2)CNc2ccccc2N(Cc2c(C)ccc3ccccc23)C1=O.Cl. The number of sulfone groups is 1. The average molecular weight is 593 g/mol. The van der Waals surface area contributed by atoms with E-state index in [1.54, 1.807) is 50.4 Å². The molecule has 8 nitrogen and oxygen atoms in total. The minimum atomic E-state index is -4.44. The first-order valence-electron chi connectivity index (χ1n) is 13.1. The first kappa shape index (κ1) is 30.0. The van der Waals surface area contributed by atoms with Crippen LogP contribution in [0.3, 0.4) is 0 Å². The minimum absolute atomic E-state index is 0. The largest absolute Gasteiger partial charge is 0.379 e. The third-order valence-electron chi connectivity index (χ3n) is 7.57. The number of rotatable bonds is 7. The topological polar surface area (TPSA) is 108 Å². The zero-order chi connectivity index (χ0) is 28.5. The Kier molecular flexibility index (Phi) is 8.72. The van der Waals surface area contributed by atoms with Gasteiger partial charge in [0.1, 0.15) is 0 Å². The highest BCUT2D eigenvalue weighted by atomic mass is 35.5. The number of carbonyl (C=O) groups excluding carboxylic acids is 2. The quantitative estimate of drug-likeness (QED) is 0.293. The summed E-state index contributed by atoms with van der Waals surface area (Å²) < 4.78 is 28.8. The molecule has 0 radical (unpaired) electrons. The van der Waals surface area contributed by atoms with E-state index in [0.29, 0.717) is 11.4 Å². The summed E-state index contributed by atoms with van der Waals surface area (Å²) in [4.78, 5) is 27.2. The highest BCUT2D eigenvalue weighted by Crippen LogP contribution is 2.38. The van der Waals surface area contributed by atoms with E-state index >= 15 is 0 Å². The van der Waals surface area contributed by atoms with Crippen molar-refractivity contribution in [2.24, 2.45) is 0 Å². The van der Waals surface area contributed by atoms with Crippen molar-refractivity contribution in [3.63, 3.8) is 0 Å². The number of amides is 2. The minimum Gasteiger partial charge on any atom is -0.379 e. The van der Waals surface area contributed by atoms with Crippen LogP contribution in [-0.4, -0.2) is 44.7 Å². The predicted octanol–water partition coefficient (Wildman–Crippen LogP) is 4.42. The fourth-order valence-electron chi connectivity index (χ4n) is 5.07. The lowest BCUT2D eigenvalue weighted by molar-refractivity contribution is -0.129. The van der Waals surface area contributed by atoms with Crippen molar-refractivity contribution in [3.05, 3.63) is 102 Å². The summed E-state index contributed by atoms with van der Waals surface area (Å²) >= 11 is 0. The molecule has 0 aromatic heterocycles. The van der Waals surface area contributed by atoms with Crippen LogP contribution in [-0.2, 0) is 26.0 Å². The summed E-state index contributed by atoms with van der Waals surface area (Å²) in [6.45, 7) is 3.33. The number of para-hydroxylation sites is 2. The maximum Gasteiger partial charge on any atom is 0.271 e. The van der Waals surface area contributed by atoms with Crippen molar-refractivity contribution < 1.29 is 18.0 Å². The van der Waals surface area contributed by atoms with Gasteiger partial charge in [-0.05, 0) is 67.1 Å². The number of nitrogens with zero attached hydrogens (tertiary/aromatic N) is 1. The van der Waals surface area contributed by atoms with Gasteiger partial charge >= 0.3 is 0 Å². The lowest BCUT2D eigenvalue weighted by Gasteiger charge is -2.36. The number of aryl methyl sites for hydroxylation is 1. The predicted molar refractivity (Wildman–Crippen MR) is 165 cm³/mol. The van der Waals surface area contributed by atoms with Crippen LogP contribution < -0.4 is 20.9 Å². The smallest absolute Gasteiger partial charge is 0.271 e. The molecule has 0 saturated heterocycles. The summed E-state index contributed by atoms with van der Waals surface area (Å²) in [5.74, 6) is -1.35. The lowest BCUT2D eigenvalue weighted by atomic mass is 9.99. The standard InChI is InChI=1S/C31H32N4O4S.ClH/c1-21-17-18-23-11-7-8-14-25(23)26(21)19-35-28-16-10-9-15-27(28)33-20-31(30(35)37,34-29(36)22(2)32-3)40(38,39)24-12-5-4-6-13-24;/h4-18,22,32-33H,19-20H2,1-3H3,(H,34,36);1H. The maximum absolute atomic E-state index is 14.8. The summed E-state index contributed by atoms with van der Waals surface area (Å²) in [5, 5.41) is 10.7. The first-order valence-corrected chi connectivity index (χ1v) is 14.6. The molecule has 0 fully saturated rings. The monoisotopic (exact) mass is 592 g/mol. The molecule has 0 bridgehead atoms. The number of fused-ring (bicyclic) bond motifs is 2. The van der Waals surface area contributed by atoms with E-state index in [-0.39, 0.29) is 30.4 Å². The van der Waals surface area contributed by atoms with Crippen LogP contribution in [0.4, 0.5) is 11.4 Å². The van der Waals surface area contributed by atoms with Gasteiger partial charge < -0.3 is 20.9 Å². The molecule has 4 aromatic rings. The van der Waals surface area contributed by atoms with Gasteiger partial charge in [-0.25, -0.2) is 8.42 Å². The summed E-state index contributed by atoms with van der Waals surface area (Å²) in [6.07, 6.45) is 0. The fraction of sp³-hybridized carbons (Fsp3) is 0.226. The highest BCUT2D eigenvalue weighted by molar-refractivity contribution is 7.93. The Morgan fingerprint density at radius 3 is 2.37 bits per heavy atom. The van der Waals surface area contributed by atoms with Gasteiger partial charge in [-0.2, -0.15) is 0 Å². The van der Waals surface area contributed by atoms with Crippen molar-refractivity contribution in [3.8, 4) is 0 Å². The molecule has 1 aliphatic rings. The molecule has 5 rings (SSSR count). The van der Waals surface area contributed by atoms with E-state index in [2.05, 4.69) is 16.0 Å². The first-order chi connectivity index (χ1) is 19.2. The molecule has 2 atom stereocenters. The van der Waals surface area contributed by atoms with Crippen molar-refractivity contribution in [1.29, 1.82) is 0 Å². The molecule has 3 N–H and O–H groups in total. The summed E-state index contributed by atoms with van der Waals surface area (Å²) in [7, 11) is -2.84. The average Bonchev–Trinajstić information content (AvgIpc) is 3.09. The number of benzene rings is 4. The van der Waals surface area contributed by atoms with Crippen LogP contribution in [0, 0.1) is 6.92 Å². The van der Waals surface area contributed by atoms with Crippen molar-refractivity contribution >= 4 is 56.2 Å². The zero-order valence-electron chi connectivity index (χ0n) is 23.0. The van der Waals surface area contributed by atoms with Crippen LogP contribution in [0.15, 0.2) is 95.9 Å². The van der Waals surface area contributed by atoms with Gasteiger partial charge in [-0.3, -0.25) is 9.59 Å². The van der Waals surface area contributed by atoms with Gasteiger partial charge in [0, 0.05) is 0 Å². The number of hydrogen-bond donors (Lipinski definition) is 3. The van der Waals surface area contributed by atoms with Crippen LogP contribution in [0.5, 0.6) is 0 Å². The summed E-state index contributed by atoms with van der Waals surface area (Å²) in [6, 6.07) is 26.1. The van der Waals surface area contributed by atoms with E-state index in [1.807, 2.05) is 49.4 Å². The number of nitrogens with one attached hydrogen (secondary N) is 3. The Hall–Kier alpha value is -3.92. The molecular formula is C31H33ClN4O4S. The maximum atomic E-state index is 14.8. The van der Waals surface area contributed by atoms with Gasteiger partial charge in [0.15, 0.2) is 0 Å². The molecule has 4 aromatic carbocycles. The summed E-state index contributed by atoms with van der Waals surface area (Å²) in [5.41, 5.74) is 2.98. The fourth-order valence-corrected chi connectivity index (χ4v) is 6.82.